The number of ether oxygens (including phenoxy) is 1. The molecule has 2 rings (SSSR count). The average molecular weight is 289 g/mol. The first-order valence-electron chi connectivity index (χ1n) is 7.63. The molecule has 1 heterocycles. The van der Waals surface area contributed by atoms with Crippen LogP contribution in [0.25, 0.3) is 0 Å². The number of nitrogens with zero attached hydrogens (tertiary/aromatic N) is 1. The molecule has 1 aliphatic heterocycles. The molecule has 1 aliphatic rings. The number of hydrogen-bond donors (Lipinski definition) is 0. The largest absolute Gasteiger partial charge is 0.483 e. The van der Waals surface area contributed by atoms with Gasteiger partial charge in [0.15, 0.2) is 6.61 Å². The minimum absolute atomic E-state index is 0.0403. The Morgan fingerprint density at radius 1 is 1.29 bits per heavy atom. The van der Waals surface area contributed by atoms with Gasteiger partial charge in [0.2, 0.25) is 0 Å². The standard InChI is InChI=1S/C17H23NO3/c1-3-13(2)15-6-4-5-7-16(15)21-12-17(20)18-10-8-14(19)9-11-18/h4-7,13H,3,8-12H2,1-2H3. The first kappa shape index (κ1) is 15.5. The normalized spacial score (nSPS) is 16.7. The first-order valence-corrected chi connectivity index (χ1v) is 7.63. The fraction of sp³-hybridized carbons (Fsp3) is 0.529. The zero-order chi connectivity index (χ0) is 15.2. The van der Waals surface area contributed by atoms with Gasteiger partial charge in [-0.2, -0.15) is 0 Å². The van der Waals surface area contributed by atoms with Gasteiger partial charge in [-0.05, 0) is 24.0 Å². The van der Waals surface area contributed by atoms with E-state index >= 15 is 0 Å². The first-order chi connectivity index (χ1) is 10.1. The van der Waals surface area contributed by atoms with Crippen LogP contribution in [-0.4, -0.2) is 36.3 Å². The van der Waals surface area contributed by atoms with E-state index in [2.05, 4.69) is 13.8 Å². The van der Waals surface area contributed by atoms with Gasteiger partial charge in [0.05, 0.1) is 0 Å². The zero-order valence-electron chi connectivity index (χ0n) is 12.8. The van der Waals surface area contributed by atoms with E-state index in [1.807, 2.05) is 24.3 Å². The highest BCUT2D eigenvalue weighted by atomic mass is 16.5. The van der Waals surface area contributed by atoms with E-state index in [0.29, 0.717) is 31.8 Å². The van der Waals surface area contributed by atoms with Crippen molar-refractivity contribution in [2.45, 2.75) is 39.0 Å². The van der Waals surface area contributed by atoms with Crippen LogP contribution in [-0.2, 0) is 9.59 Å². The van der Waals surface area contributed by atoms with Crippen molar-refractivity contribution in [3.63, 3.8) is 0 Å². The zero-order valence-corrected chi connectivity index (χ0v) is 12.8. The maximum atomic E-state index is 12.1. The van der Waals surface area contributed by atoms with E-state index < -0.39 is 0 Å². The second kappa shape index (κ2) is 7.25. The van der Waals surface area contributed by atoms with Gasteiger partial charge in [-0.15, -0.1) is 0 Å². The molecule has 1 unspecified atom stereocenters. The Morgan fingerprint density at radius 2 is 1.95 bits per heavy atom. The predicted octanol–water partition coefficient (Wildman–Crippen LogP) is 2.77. The molecule has 1 atom stereocenters. The van der Waals surface area contributed by atoms with Crippen molar-refractivity contribution in [2.75, 3.05) is 19.7 Å². The molecular formula is C17H23NO3. The summed E-state index contributed by atoms with van der Waals surface area (Å²) in [7, 11) is 0. The summed E-state index contributed by atoms with van der Waals surface area (Å²) in [5, 5.41) is 0. The van der Waals surface area contributed by atoms with Crippen molar-refractivity contribution in [3.8, 4) is 5.75 Å². The number of para-hydroxylation sites is 1. The number of rotatable bonds is 5. The molecule has 0 spiro atoms. The molecule has 0 aliphatic carbocycles. The number of carbonyl (C=O) groups excluding carboxylic acids is 2. The molecule has 1 aromatic carbocycles. The van der Waals surface area contributed by atoms with Crippen molar-refractivity contribution in [1.29, 1.82) is 0 Å². The highest BCUT2D eigenvalue weighted by Gasteiger charge is 2.21. The fourth-order valence-corrected chi connectivity index (χ4v) is 2.48. The summed E-state index contributed by atoms with van der Waals surface area (Å²) in [6.45, 7) is 5.38. The van der Waals surface area contributed by atoms with Gasteiger partial charge in [0.25, 0.3) is 5.91 Å². The molecule has 1 aromatic rings. The molecule has 4 nitrogen and oxygen atoms in total. The van der Waals surface area contributed by atoms with Gasteiger partial charge in [-0.25, -0.2) is 0 Å². The minimum Gasteiger partial charge on any atom is -0.483 e. The van der Waals surface area contributed by atoms with Crippen molar-refractivity contribution < 1.29 is 14.3 Å². The average Bonchev–Trinajstić information content (AvgIpc) is 2.52. The van der Waals surface area contributed by atoms with Gasteiger partial charge in [0, 0.05) is 25.9 Å². The lowest BCUT2D eigenvalue weighted by Gasteiger charge is -2.26. The van der Waals surface area contributed by atoms with Crippen LogP contribution in [0.3, 0.4) is 0 Å². The monoisotopic (exact) mass is 289 g/mol. The van der Waals surface area contributed by atoms with Crippen LogP contribution in [0.2, 0.25) is 0 Å². The highest BCUT2D eigenvalue weighted by Crippen LogP contribution is 2.28. The van der Waals surface area contributed by atoms with Gasteiger partial charge >= 0.3 is 0 Å². The van der Waals surface area contributed by atoms with Crippen molar-refractivity contribution >= 4 is 11.7 Å². The van der Waals surface area contributed by atoms with Crippen LogP contribution < -0.4 is 4.74 Å². The second-order valence-electron chi connectivity index (χ2n) is 5.56. The number of likely N-dealkylation sites (tertiary alicyclic amines) is 1. The maximum Gasteiger partial charge on any atom is 0.260 e. The molecule has 114 valence electrons. The Kier molecular flexibility index (Phi) is 5.37. The van der Waals surface area contributed by atoms with Crippen LogP contribution in [0.1, 0.15) is 44.6 Å². The molecule has 1 fully saturated rings. The molecule has 0 aromatic heterocycles. The number of amides is 1. The van der Waals surface area contributed by atoms with Crippen LogP contribution in [0.15, 0.2) is 24.3 Å². The van der Waals surface area contributed by atoms with E-state index in [1.165, 1.54) is 0 Å². The minimum atomic E-state index is -0.0403. The predicted molar refractivity (Wildman–Crippen MR) is 81.5 cm³/mol. The Hall–Kier alpha value is -1.84. The second-order valence-corrected chi connectivity index (χ2v) is 5.56. The van der Waals surface area contributed by atoms with Crippen LogP contribution >= 0.6 is 0 Å². The van der Waals surface area contributed by atoms with Gasteiger partial charge in [0.1, 0.15) is 11.5 Å². The van der Waals surface area contributed by atoms with E-state index in [9.17, 15) is 9.59 Å². The number of benzene rings is 1. The number of ketones is 1. The van der Waals surface area contributed by atoms with Crippen LogP contribution in [0.4, 0.5) is 0 Å². The van der Waals surface area contributed by atoms with Crippen molar-refractivity contribution in [1.82, 2.24) is 4.90 Å². The Balaban J connectivity index is 1.94. The quantitative estimate of drug-likeness (QED) is 0.837. The van der Waals surface area contributed by atoms with E-state index in [4.69, 9.17) is 4.74 Å². The van der Waals surface area contributed by atoms with Crippen molar-refractivity contribution in [2.24, 2.45) is 0 Å². The van der Waals surface area contributed by atoms with Crippen LogP contribution in [0.5, 0.6) is 5.75 Å². The summed E-state index contributed by atoms with van der Waals surface area (Å²) in [4.78, 5) is 25.0. The lowest BCUT2D eigenvalue weighted by atomic mass is 9.98. The summed E-state index contributed by atoms with van der Waals surface area (Å²) in [6.07, 6.45) is 1.97. The molecule has 0 radical (unpaired) electrons. The maximum absolute atomic E-state index is 12.1. The van der Waals surface area contributed by atoms with Gasteiger partial charge < -0.3 is 9.64 Å². The number of carbonyl (C=O) groups is 2. The third kappa shape index (κ3) is 4.06. The summed E-state index contributed by atoms with van der Waals surface area (Å²) in [6, 6.07) is 7.87. The number of Topliss-reactive ketones (excluding diaryl/α,β-unsaturated/α-hetero) is 1. The van der Waals surface area contributed by atoms with Crippen molar-refractivity contribution in [3.05, 3.63) is 29.8 Å². The lowest BCUT2D eigenvalue weighted by Crippen LogP contribution is -2.41. The Morgan fingerprint density at radius 3 is 2.62 bits per heavy atom. The highest BCUT2D eigenvalue weighted by molar-refractivity contribution is 5.84. The van der Waals surface area contributed by atoms with Gasteiger partial charge in [-0.1, -0.05) is 32.0 Å². The molecular weight excluding hydrogens is 266 g/mol. The van der Waals surface area contributed by atoms with Crippen LogP contribution in [0, 0.1) is 0 Å². The third-order valence-electron chi connectivity index (χ3n) is 4.09. The molecule has 0 saturated carbocycles. The molecule has 0 bridgehead atoms. The smallest absolute Gasteiger partial charge is 0.260 e. The molecule has 0 N–H and O–H groups in total. The summed E-state index contributed by atoms with van der Waals surface area (Å²) in [5.74, 6) is 1.39. The number of piperidine rings is 1. The fourth-order valence-electron chi connectivity index (χ4n) is 2.48. The van der Waals surface area contributed by atoms with E-state index in [0.717, 1.165) is 17.7 Å². The lowest BCUT2D eigenvalue weighted by molar-refractivity contribution is -0.136. The third-order valence-corrected chi connectivity index (χ3v) is 4.09. The Labute approximate surface area is 126 Å². The Bertz CT molecular complexity index is 503. The molecule has 1 amide bonds. The van der Waals surface area contributed by atoms with E-state index in [1.54, 1.807) is 4.90 Å². The molecule has 4 heteroatoms. The SMILES string of the molecule is CCC(C)c1ccccc1OCC(=O)N1CCC(=O)CC1. The molecule has 1 saturated heterocycles. The number of hydrogen-bond acceptors (Lipinski definition) is 3. The topological polar surface area (TPSA) is 46.6 Å². The molecule has 21 heavy (non-hydrogen) atoms. The summed E-state index contributed by atoms with van der Waals surface area (Å²) in [5.41, 5.74) is 1.14. The summed E-state index contributed by atoms with van der Waals surface area (Å²) < 4.78 is 5.73. The summed E-state index contributed by atoms with van der Waals surface area (Å²) >= 11 is 0. The van der Waals surface area contributed by atoms with E-state index in [-0.39, 0.29) is 18.3 Å². The van der Waals surface area contributed by atoms with Gasteiger partial charge in [-0.3, -0.25) is 9.59 Å².